The molecule has 5 nitrogen and oxygen atoms in total. The summed E-state index contributed by atoms with van der Waals surface area (Å²) in [5.41, 5.74) is 0.145. The van der Waals surface area contributed by atoms with Crippen LogP contribution < -0.4 is 0 Å². The zero-order valence-corrected chi connectivity index (χ0v) is 9.54. The summed E-state index contributed by atoms with van der Waals surface area (Å²) in [6.45, 7) is 0. The average Bonchev–Trinajstić information content (AvgIpc) is 2.48. The normalized spacial score (nSPS) is 24.9. The Hall–Kier alpha value is -0.880. The molecule has 82 valence electrons. The summed E-state index contributed by atoms with van der Waals surface area (Å²) in [4.78, 5) is 10.7. The molecule has 1 atom stereocenters. The van der Waals surface area contributed by atoms with Crippen LogP contribution in [0.1, 0.15) is 30.5 Å². The lowest BCUT2D eigenvalue weighted by Crippen LogP contribution is -2.33. The lowest BCUT2D eigenvalue weighted by Gasteiger charge is -2.30. The molecule has 0 radical (unpaired) electrons. The number of rotatable bonds is 2. The Kier molecular flexibility index (Phi) is 2.56. The fraction of sp³-hybridized carbons (Fsp3) is 0.556. The van der Waals surface area contributed by atoms with E-state index in [1.807, 2.05) is 0 Å². The van der Waals surface area contributed by atoms with Gasteiger partial charge in [0, 0.05) is 5.56 Å². The van der Waals surface area contributed by atoms with E-state index in [4.69, 9.17) is 5.11 Å². The number of nitrogens with zero attached hydrogens (tertiary/aromatic N) is 1. The molecule has 3 N–H and O–H groups in total. The van der Waals surface area contributed by atoms with Crippen molar-refractivity contribution in [2.45, 2.75) is 31.3 Å². The minimum atomic E-state index is -1.29. The van der Waals surface area contributed by atoms with Crippen LogP contribution in [-0.4, -0.2) is 26.4 Å². The van der Waals surface area contributed by atoms with Crippen molar-refractivity contribution in [1.82, 2.24) is 10.2 Å². The van der Waals surface area contributed by atoms with E-state index in [1.54, 1.807) is 0 Å². The van der Waals surface area contributed by atoms with Gasteiger partial charge in [-0.3, -0.25) is 9.89 Å². The third kappa shape index (κ3) is 1.79. The molecule has 2 rings (SSSR count). The summed E-state index contributed by atoms with van der Waals surface area (Å²) in [7, 11) is 0. The Balaban J connectivity index is 2.40. The maximum absolute atomic E-state index is 10.7. The molecule has 0 bridgehead atoms. The fourth-order valence-electron chi connectivity index (χ4n) is 2.07. The van der Waals surface area contributed by atoms with Gasteiger partial charge in [-0.1, -0.05) is 0 Å². The molecule has 0 spiro atoms. The second-order valence-electron chi connectivity index (χ2n) is 3.82. The summed E-state index contributed by atoms with van der Waals surface area (Å²) in [5.74, 6) is -1.00. The zero-order valence-electron chi connectivity index (χ0n) is 7.96. The Labute approximate surface area is 94.6 Å². The summed E-state index contributed by atoms with van der Waals surface area (Å²) >= 11 is 3.27. The van der Waals surface area contributed by atoms with E-state index in [0.29, 0.717) is 16.7 Å². The summed E-state index contributed by atoms with van der Waals surface area (Å²) in [6, 6.07) is 0. The summed E-state index contributed by atoms with van der Waals surface area (Å²) in [5, 5.41) is 25.6. The molecule has 0 fully saturated rings. The molecule has 1 aromatic heterocycles. The lowest BCUT2D eigenvalue weighted by molar-refractivity contribution is -0.143. The maximum atomic E-state index is 10.7. The van der Waals surface area contributed by atoms with Crippen molar-refractivity contribution in [3.8, 4) is 0 Å². The van der Waals surface area contributed by atoms with E-state index in [0.717, 1.165) is 18.4 Å². The van der Waals surface area contributed by atoms with Crippen molar-refractivity contribution in [3.05, 3.63) is 15.9 Å². The first-order valence-corrected chi connectivity index (χ1v) is 5.49. The van der Waals surface area contributed by atoms with Gasteiger partial charge in [0.05, 0.1) is 12.1 Å². The van der Waals surface area contributed by atoms with Crippen molar-refractivity contribution >= 4 is 21.9 Å². The number of halogens is 1. The minimum absolute atomic E-state index is 0.283. The molecule has 15 heavy (non-hydrogen) atoms. The molecule has 0 saturated heterocycles. The van der Waals surface area contributed by atoms with Gasteiger partial charge >= 0.3 is 5.97 Å². The number of carboxylic acid groups (broad SMARTS) is 1. The molecule has 1 aliphatic carbocycles. The number of H-pyrrole nitrogens is 1. The van der Waals surface area contributed by atoms with Gasteiger partial charge in [-0.15, -0.1) is 0 Å². The number of nitrogens with one attached hydrogen (secondary N) is 1. The van der Waals surface area contributed by atoms with Crippen molar-refractivity contribution in [2.75, 3.05) is 0 Å². The molecule has 0 aliphatic heterocycles. The number of hydrogen-bond donors (Lipinski definition) is 3. The molecule has 1 unspecified atom stereocenters. The van der Waals surface area contributed by atoms with Gasteiger partial charge < -0.3 is 10.2 Å². The second kappa shape index (κ2) is 3.61. The summed E-state index contributed by atoms with van der Waals surface area (Å²) in [6.07, 6.45) is 1.76. The highest BCUT2D eigenvalue weighted by Crippen LogP contribution is 2.38. The number of hydrogen-bond acceptors (Lipinski definition) is 3. The van der Waals surface area contributed by atoms with Crippen LogP contribution in [0.15, 0.2) is 4.60 Å². The van der Waals surface area contributed by atoms with E-state index in [9.17, 15) is 9.90 Å². The standard InChI is InChI=1S/C9H11BrN2O3/c10-8-5-2-1-3-9(15,4-6(13)14)7(5)11-12-8/h15H,1-4H2,(H,11,12)(H,13,14). The number of aliphatic hydroxyl groups is 1. The van der Waals surface area contributed by atoms with Gasteiger partial charge in [-0.05, 0) is 35.2 Å². The van der Waals surface area contributed by atoms with E-state index < -0.39 is 11.6 Å². The van der Waals surface area contributed by atoms with Crippen molar-refractivity contribution in [3.63, 3.8) is 0 Å². The maximum Gasteiger partial charge on any atom is 0.306 e. The first-order valence-electron chi connectivity index (χ1n) is 4.70. The molecule has 0 saturated carbocycles. The van der Waals surface area contributed by atoms with E-state index >= 15 is 0 Å². The van der Waals surface area contributed by atoms with Crippen molar-refractivity contribution in [1.29, 1.82) is 0 Å². The first kappa shape index (κ1) is 10.6. The molecule has 1 heterocycles. The fourth-order valence-corrected chi connectivity index (χ4v) is 2.55. The molecular weight excluding hydrogens is 264 g/mol. The molecule has 6 heteroatoms. The predicted octanol–water partition coefficient (Wildman–Crippen LogP) is 1.17. The van der Waals surface area contributed by atoms with Crippen LogP contribution in [0.3, 0.4) is 0 Å². The number of aromatic nitrogens is 2. The number of aromatic amines is 1. The van der Waals surface area contributed by atoms with E-state index in [-0.39, 0.29) is 6.42 Å². The largest absolute Gasteiger partial charge is 0.481 e. The molecule has 0 amide bonds. The van der Waals surface area contributed by atoms with Crippen LogP contribution in [0.5, 0.6) is 0 Å². The number of aliphatic carboxylic acids is 1. The van der Waals surface area contributed by atoms with Crippen LogP contribution >= 0.6 is 15.9 Å². The Morgan fingerprint density at radius 1 is 1.67 bits per heavy atom. The van der Waals surface area contributed by atoms with Crippen LogP contribution in [0.25, 0.3) is 0 Å². The van der Waals surface area contributed by atoms with Gasteiger partial charge in [-0.25, -0.2) is 0 Å². The highest BCUT2D eigenvalue weighted by Gasteiger charge is 2.39. The zero-order chi connectivity index (χ0) is 11.1. The average molecular weight is 275 g/mol. The molecule has 0 aromatic carbocycles. The molecule has 1 aliphatic rings. The first-order chi connectivity index (χ1) is 7.03. The lowest BCUT2D eigenvalue weighted by atomic mass is 9.82. The number of carboxylic acids is 1. The highest BCUT2D eigenvalue weighted by atomic mass is 79.9. The molecule has 1 aromatic rings. The Morgan fingerprint density at radius 2 is 2.40 bits per heavy atom. The van der Waals surface area contributed by atoms with E-state index in [2.05, 4.69) is 26.1 Å². The molecular formula is C9H11BrN2O3. The number of carbonyl (C=O) groups is 1. The smallest absolute Gasteiger partial charge is 0.306 e. The minimum Gasteiger partial charge on any atom is -0.481 e. The van der Waals surface area contributed by atoms with Crippen molar-refractivity contribution < 1.29 is 15.0 Å². The van der Waals surface area contributed by atoms with Crippen LogP contribution in [0.4, 0.5) is 0 Å². The van der Waals surface area contributed by atoms with Gasteiger partial charge in [0.2, 0.25) is 0 Å². The third-order valence-corrected chi connectivity index (χ3v) is 3.40. The third-order valence-electron chi connectivity index (χ3n) is 2.74. The monoisotopic (exact) mass is 274 g/mol. The topological polar surface area (TPSA) is 86.2 Å². The van der Waals surface area contributed by atoms with Gasteiger partial charge in [0.15, 0.2) is 0 Å². The Bertz CT molecular complexity index is 404. The highest BCUT2D eigenvalue weighted by molar-refractivity contribution is 9.10. The van der Waals surface area contributed by atoms with Crippen LogP contribution in [0.2, 0.25) is 0 Å². The van der Waals surface area contributed by atoms with Gasteiger partial charge in [-0.2, -0.15) is 5.10 Å². The number of fused-ring (bicyclic) bond motifs is 1. The van der Waals surface area contributed by atoms with Gasteiger partial charge in [0.25, 0.3) is 0 Å². The second-order valence-corrected chi connectivity index (χ2v) is 4.57. The van der Waals surface area contributed by atoms with Gasteiger partial charge in [0.1, 0.15) is 10.2 Å². The predicted molar refractivity (Wildman–Crippen MR) is 55.4 cm³/mol. The quantitative estimate of drug-likeness (QED) is 0.756. The van der Waals surface area contributed by atoms with Crippen molar-refractivity contribution in [2.24, 2.45) is 0 Å². The SMILES string of the molecule is O=C(O)CC1(O)CCCc2c(Br)n[nH]c21. The summed E-state index contributed by atoms with van der Waals surface area (Å²) < 4.78 is 0.668. The van der Waals surface area contributed by atoms with Crippen LogP contribution in [-0.2, 0) is 16.8 Å². The van der Waals surface area contributed by atoms with Crippen LogP contribution in [0, 0.1) is 0 Å². The Morgan fingerprint density at radius 3 is 3.07 bits per heavy atom. The van der Waals surface area contributed by atoms with E-state index in [1.165, 1.54) is 0 Å².